The molecule has 5 heteroatoms. The van der Waals surface area contributed by atoms with Gasteiger partial charge in [-0.2, -0.15) is 0 Å². The molecule has 6 aromatic rings. The Hall–Kier alpha value is -4.90. The van der Waals surface area contributed by atoms with Crippen molar-refractivity contribution >= 4 is 27.7 Å². The first-order valence-corrected chi connectivity index (χ1v) is 21.0. The zero-order valence-corrected chi connectivity index (χ0v) is 37.5. The Balaban J connectivity index is 1.23. The second-order valence-corrected chi connectivity index (χ2v) is 21.4. The second kappa shape index (κ2) is 11.9. The predicted molar refractivity (Wildman–Crippen MR) is 241 cm³/mol. The average Bonchev–Trinajstić information content (AvgIpc) is 3.68. The molecule has 0 saturated carbocycles. The molecule has 0 N–H and O–H groups in total. The minimum Gasteiger partial charge on any atom is -0.467 e. The number of aromatic nitrogens is 2. The largest absolute Gasteiger partial charge is 0.467 e. The molecule has 3 aliphatic rings. The molecule has 1 aliphatic carbocycles. The van der Waals surface area contributed by atoms with Gasteiger partial charge in [-0.25, -0.2) is 9.98 Å². The molecule has 58 heavy (non-hydrogen) atoms. The van der Waals surface area contributed by atoms with E-state index < -0.39 is 22.9 Å². The molecule has 0 saturated heterocycles. The molecular weight excluding hydrogens is 711 g/mol. The quantitative estimate of drug-likeness (QED) is 0.180. The highest BCUT2D eigenvalue weighted by molar-refractivity contribution is 6.12. The standard InChI is InChI=1S/C53H61N3O2/c1-29-17-42-46(54-28-29)56-43-26-44(32(4)19-38(43)39-24-36(49(8,9)10)25-41(45(39)56)51(42,14)15)57-37-22-33(21-35(23-37)48(5,6)7)47-55-52(16)40-20-31(3)30(2)18-34(40)27-53(52,58-47)50(11,12)13/h17-26,28H,27H2,1-16H3/t52-,53-/m1/s1/i27D2. The summed E-state index contributed by atoms with van der Waals surface area (Å²) in [6.07, 6.45) is 0.160. The highest BCUT2D eigenvalue weighted by Gasteiger charge is 2.66. The van der Waals surface area contributed by atoms with Gasteiger partial charge in [-0.3, -0.25) is 4.57 Å². The second-order valence-electron chi connectivity index (χ2n) is 21.4. The van der Waals surface area contributed by atoms with E-state index in [0.717, 1.165) is 56.0 Å². The Morgan fingerprint density at radius 2 is 1.38 bits per heavy atom. The van der Waals surface area contributed by atoms with Gasteiger partial charge in [-0.05, 0) is 132 Å². The molecule has 0 radical (unpaired) electrons. The van der Waals surface area contributed by atoms with Crippen LogP contribution in [0, 0.1) is 33.1 Å². The zero-order valence-electron chi connectivity index (χ0n) is 39.5. The van der Waals surface area contributed by atoms with E-state index in [-0.39, 0.29) is 16.2 Å². The Kier molecular flexibility index (Phi) is 7.40. The van der Waals surface area contributed by atoms with Gasteiger partial charge in [0.05, 0.1) is 11.0 Å². The molecule has 300 valence electrons. The predicted octanol–water partition coefficient (Wildman–Crippen LogP) is 13.5. The average molecular weight is 774 g/mol. The smallest absolute Gasteiger partial charge is 0.217 e. The van der Waals surface area contributed by atoms with E-state index in [4.69, 9.17) is 19.5 Å². The number of aryl methyl sites for hydroxylation is 4. The van der Waals surface area contributed by atoms with Gasteiger partial charge in [0, 0.05) is 54.1 Å². The van der Waals surface area contributed by atoms with E-state index in [1.54, 1.807) is 0 Å². The number of hydrogen-bond donors (Lipinski definition) is 0. The van der Waals surface area contributed by atoms with Gasteiger partial charge in [-0.1, -0.05) is 94.4 Å². The highest BCUT2D eigenvalue weighted by atomic mass is 16.5. The van der Waals surface area contributed by atoms with E-state index in [2.05, 4.69) is 157 Å². The molecule has 4 heterocycles. The molecule has 0 amide bonds. The van der Waals surface area contributed by atoms with Crippen molar-refractivity contribution in [1.82, 2.24) is 9.55 Å². The van der Waals surface area contributed by atoms with Crippen molar-refractivity contribution in [1.29, 1.82) is 0 Å². The maximum atomic E-state index is 9.81. The van der Waals surface area contributed by atoms with Crippen LogP contribution in [0.4, 0.5) is 0 Å². The summed E-state index contributed by atoms with van der Waals surface area (Å²) >= 11 is 0. The maximum absolute atomic E-state index is 9.81. The number of fused-ring (bicyclic) bond motifs is 8. The molecule has 0 spiro atoms. The summed E-state index contributed by atoms with van der Waals surface area (Å²) in [5, 5.41) is 2.41. The van der Waals surface area contributed by atoms with Crippen LogP contribution in [-0.4, -0.2) is 21.0 Å². The summed E-state index contributed by atoms with van der Waals surface area (Å²) in [5.41, 5.74) is 10.5. The van der Waals surface area contributed by atoms with Crippen LogP contribution in [0.15, 0.2) is 71.9 Å². The van der Waals surface area contributed by atoms with E-state index in [9.17, 15) is 2.74 Å². The van der Waals surface area contributed by atoms with Crippen LogP contribution in [-0.2, 0) is 32.9 Å². The molecule has 2 atom stereocenters. The molecule has 0 unspecified atom stereocenters. The summed E-state index contributed by atoms with van der Waals surface area (Å²) < 4.78 is 36.2. The van der Waals surface area contributed by atoms with Crippen LogP contribution in [0.25, 0.3) is 27.6 Å². The van der Waals surface area contributed by atoms with Crippen molar-refractivity contribution < 1.29 is 12.2 Å². The fourth-order valence-corrected chi connectivity index (χ4v) is 9.86. The fourth-order valence-electron chi connectivity index (χ4n) is 9.86. The van der Waals surface area contributed by atoms with Crippen molar-refractivity contribution in [2.75, 3.05) is 0 Å². The van der Waals surface area contributed by atoms with Crippen LogP contribution in [0.3, 0.4) is 0 Å². The first-order chi connectivity index (χ1) is 27.6. The number of hydrogen-bond acceptors (Lipinski definition) is 4. The third-order valence-corrected chi connectivity index (χ3v) is 13.6. The SMILES string of the molecule is [2H]C1([2H])c2cc(C)c(C)cc2[C@@]2(C)N=C(c3cc(Oc4cc5c(cc4C)c4cc(C(C)(C)C)cc6c4n5-c4ncc(C)cc4C6(C)C)cc(C(C)(C)C)c3)O[C@@]12C(C)(C)C. The summed E-state index contributed by atoms with van der Waals surface area (Å²) in [7, 11) is 0. The van der Waals surface area contributed by atoms with Crippen molar-refractivity contribution in [3.05, 3.63) is 128 Å². The van der Waals surface area contributed by atoms with Gasteiger partial charge in [0.15, 0.2) is 0 Å². The summed E-state index contributed by atoms with van der Waals surface area (Å²) in [6, 6.07) is 22.0. The Labute approximate surface area is 348 Å². The molecule has 5 nitrogen and oxygen atoms in total. The summed E-state index contributed by atoms with van der Waals surface area (Å²) in [4.78, 5) is 10.6. The highest BCUT2D eigenvalue weighted by Crippen LogP contribution is 2.61. The lowest BCUT2D eigenvalue weighted by molar-refractivity contribution is -0.0673. The number of benzene rings is 4. The fraction of sp³-hybridized carbons (Fsp3) is 0.434. The molecule has 0 fully saturated rings. The van der Waals surface area contributed by atoms with Crippen molar-refractivity contribution in [2.24, 2.45) is 10.4 Å². The number of nitrogens with zero attached hydrogens (tertiary/aromatic N) is 3. The van der Waals surface area contributed by atoms with Crippen molar-refractivity contribution in [3.8, 4) is 17.3 Å². The van der Waals surface area contributed by atoms with Gasteiger partial charge in [0.25, 0.3) is 0 Å². The third kappa shape index (κ3) is 5.33. The lowest BCUT2D eigenvalue weighted by Gasteiger charge is -2.45. The van der Waals surface area contributed by atoms with E-state index in [1.165, 1.54) is 33.0 Å². The third-order valence-electron chi connectivity index (χ3n) is 13.6. The molecule has 2 aliphatic heterocycles. The summed E-state index contributed by atoms with van der Waals surface area (Å²) in [6.45, 7) is 34.8. The Morgan fingerprint density at radius 1 is 0.707 bits per heavy atom. The van der Waals surface area contributed by atoms with Crippen LogP contribution < -0.4 is 4.74 Å². The van der Waals surface area contributed by atoms with Gasteiger partial charge in [0.2, 0.25) is 5.90 Å². The van der Waals surface area contributed by atoms with Crippen molar-refractivity contribution in [3.63, 3.8) is 0 Å². The topological polar surface area (TPSA) is 48.6 Å². The van der Waals surface area contributed by atoms with E-state index in [0.29, 0.717) is 17.2 Å². The minimum atomic E-state index is -1.82. The first-order valence-electron chi connectivity index (χ1n) is 22.0. The van der Waals surface area contributed by atoms with Crippen LogP contribution in [0.5, 0.6) is 11.5 Å². The lowest BCUT2D eigenvalue weighted by Crippen LogP contribution is -2.54. The number of pyridine rings is 1. The van der Waals surface area contributed by atoms with E-state index >= 15 is 0 Å². The maximum Gasteiger partial charge on any atom is 0.217 e. The van der Waals surface area contributed by atoms with Crippen molar-refractivity contribution in [2.45, 2.75) is 145 Å². The minimum absolute atomic E-state index is 0.0334. The monoisotopic (exact) mass is 773 g/mol. The van der Waals surface area contributed by atoms with Gasteiger partial charge >= 0.3 is 0 Å². The first kappa shape index (κ1) is 36.2. The molecule has 2 aromatic heterocycles. The Morgan fingerprint density at radius 3 is 2.05 bits per heavy atom. The van der Waals surface area contributed by atoms with Gasteiger partial charge in [-0.15, -0.1) is 0 Å². The normalized spacial score (nSPS) is 22.2. The molecule has 0 bridgehead atoms. The zero-order chi connectivity index (χ0) is 43.7. The lowest BCUT2D eigenvalue weighted by atomic mass is 9.66. The van der Waals surface area contributed by atoms with Crippen LogP contribution >= 0.6 is 0 Å². The van der Waals surface area contributed by atoms with Crippen LogP contribution in [0.2, 0.25) is 0 Å². The van der Waals surface area contributed by atoms with Crippen LogP contribution in [0.1, 0.15) is 147 Å². The van der Waals surface area contributed by atoms with E-state index in [1.807, 2.05) is 25.3 Å². The number of ether oxygens (including phenoxy) is 2. The number of rotatable bonds is 3. The molecular formula is C53H61N3O2. The molecule has 9 rings (SSSR count). The summed E-state index contributed by atoms with van der Waals surface area (Å²) in [5.74, 6) is 2.83. The number of aliphatic imine (C=N–C) groups is 1. The molecule has 4 aromatic carbocycles. The Bertz CT molecular complexity index is 2890. The van der Waals surface area contributed by atoms with Gasteiger partial charge < -0.3 is 9.47 Å². The van der Waals surface area contributed by atoms with Gasteiger partial charge in [0.1, 0.15) is 28.5 Å².